The number of hydrogen-bond acceptors (Lipinski definition) is 1. The van der Waals surface area contributed by atoms with Gasteiger partial charge in [-0.2, -0.15) is 0 Å². The Hall–Kier alpha value is -8.26. The van der Waals surface area contributed by atoms with E-state index < -0.39 is 0 Å². The summed E-state index contributed by atoms with van der Waals surface area (Å²) < 4.78 is 0. The van der Waals surface area contributed by atoms with Gasteiger partial charge in [0.15, 0.2) is 0 Å². The second-order valence-corrected chi connectivity index (χ2v) is 16.4. The molecule has 1 nitrogen and oxygen atoms in total. The molecule has 0 atom stereocenters. The first-order chi connectivity index (χ1) is 31.3. The molecule has 0 N–H and O–H groups in total. The van der Waals surface area contributed by atoms with E-state index in [2.05, 4.69) is 254 Å². The summed E-state index contributed by atoms with van der Waals surface area (Å²) in [4.78, 5) is 2.43. The molecule has 0 saturated carbocycles. The smallest absolute Gasteiger partial charge is 0.0546 e. The first-order valence-electron chi connectivity index (χ1n) is 21.8. The first kappa shape index (κ1) is 36.6. The Morgan fingerprint density at radius 3 is 1.35 bits per heavy atom. The molecule has 12 aromatic carbocycles. The molecule has 12 aromatic rings. The molecule has 0 amide bonds. The molecule has 0 radical (unpaired) electrons. The van der Waals surface area contributed by atoms with Crippen molar-refractivity contribution in [2.45, 2.75) is 0 Å². The van der Waals surface area contributed by atoms with E-state index in [-0.39, 0.29) is 0 Å². The minimum atomic E-state index is 1.10. The van der Waals surface area contributed by atoms with E-state index in [4.69, 9.17) is 0 Å². The maximum Gasteiger partial charge on any atom is 0.0546 e. The third-order valence-electron chi connectivity index (χ3n) is 12.8. The largest absolute Gasteiger partial charge is 0.310 e. The third-order valence-corrected chi connectivity index (χ3v) is 12.8. The summed E-state index contributed by atoms with van der Waals surface area (Å²) in [7, 11) is 0. The van der Waals surface area contributed by atoms with Crippen LogP contribution in [0.25, 0.3) is 98.4 Å². The Labute approximate surface area is 367 Å². The molecule has 0 spiro atoms. The van der Waals surface area contributed by atoms with Gasteiger partial charge in [0.25, 0.3) is 0 Å². The average Bonchev–Trinajstić information content (AvgIpc) is 3.36. The van der Waals surface area contributed by atoms with Gasteiger partial charge in [0.1, 0.15) is 0 Å². The predicted octanol–water partition coefficient (Wildman–Crippen LogP) is 17.6. The van der Waals surface area contributed by atoms with E-state index in [0.717, 1.165) is 17.1 Å². The molecule has 0 fully saturated rings. The van der Waals surface area contributed by atoms with Crippen molar-refractivity contribution in [2.75, 3.05) is 4.90 Å². The molecule has 0 aliphatic heterocycles. The van der Waals surface area contributed by atoms with Crippen LogP contribution in [0, 0.1) is 0 Å². The van der Waals surface area contributed by atoms with Crippen LogP contribution in [0.4, 0.5) is 17.1 Å². The van der Waals surface area contributed by atoms with Crippen LogP contribution in [-0.2, 0) is 0 Å². The van der Waals surface area contributed by atoms with Gasteiger partial charge in [-0.15, -0.1) is 0 Å². The molecule has 294 valence electrons. The molecule has 0 aromatic heterocycles. The summed E-state index contributed by atoms with van der Waals surface area (Å²) in [5.74, 6) is 0. The lowest BCUT2D eigenvalue weighted by Gasteiger charge is -2.28. The zero-order valence-electron chi connectivity index (χ0n) is 34.6. The lowest BCUT2D eigenvalue weighted by atomic mass is 9.84. The number of fused-ring (bicyclic) bond motifs is 7. The van der Waals surface area contributed by atoms with Crippen molar-refractivity contribution in [3.8, 4) is 44.5 Å². The minimum absolute atomic E-state index is 1.10. The van der Waals surface area contributed by atoms with Gasteiger partial charge in [0.2, 0.25) is 0 Å². The Morgan fingerprint density at radius 1 is 0.222 bits per heavy atom. The van der Waals surface area contributed by atoms with E-state index in [1.165, 1.54) is 98.4 Å². The van der Waals surface area contributed by atoms with E-state index in [1.807, 2.05) is 0 Å². The summed E-state index contributed by atoms with van der Waals surface area (Å²) >= 11 is 0. The van der Waals surface area contributed by atoms with Crippen molar-refractivity contribution < 1.29 is 0 Å². The molecular formula is C62H41N. The van der Waals surface area contributed by atoms with Crippen molar-refractivity contribution in [1.82, 2.24) is 0 Å². The highest BCUT2D eigenvalue weighted by Gasteiger charge is 2.20. The second kappa shape index (κ2) is 15.3. The molecule has 0 heterocycles. The van der Waals surface area contributed by atoms with Gasteiger partial charge in [-0.25, -0.2) is 0 Å². The first-order valence-corrected chi connectivity index (χ1v) is 21.8. The maximum absolute atomic E-state index is 2.43. The monoisotopic (exact) mass is 799 g/mol. The molecule has 0 aliphatic carbocycles. The lowest BCUT2D eigenvalue weighted by molar-refractivity contribution is 1.30. The quantitative estimate of drug-likeness (QED) is 0.145. The van der Waals surface area contributed by atoms with Crippen LogP contribution in [0.3, 0.4) is 0 Å². The molecule has 0 saturated heterocycles. The van der Waals surface area contributed by atoms with Crippen molar-refractivity contribution in [3.63, 3.8) is 0 Å². The highest BCUT2D eigenvalue weighted by molar-refractivity contribution is 6.22. The van der Waals surface area contributed by atoms with E-state index in [0.29, 0.717) is 0 Å². The SMILES string of the molecule is c1ccc(-c2c(-c3ccccc3)c3cc(-c4ccc(N(c5ccc(-c6cccc7ccccc67)cc5)c5cc6ccccc6c6ccccc56)cc4)ccc3c3ccccc23)cc1. The fraction of sp³-hybridized carbons (Fsp3) is 0. The normalized spacial score (nSPS) is 11.5. The highest BCUT2D eigenvalue weighted by Crippen LogP contribution is 2.47. The Bertz CT molecular complexity index is 3640. The van der Waals surface area contributed by atoms with Gasteiger partial charge in [-0.1, -0.05) is 212 Å². The summed E-state index contributed by atoms with van der Waals surface area (Å²) in [5.41, 5.74) is 13.1. The van der Waals surface area contributed by atoms with Gasteiger partial charge in [0, 0.05) is 16.8 Å². The zero-order valence-corrected chi connectivity index (χ0v) is 34.6. The summed E-state index contributed by atoms with van der Waals surface area (Å²) in [5, 5.41) is 12.5. The predicted molar refractivity (Wildman–Crippen MR) is 270 cm³/mol. The van der Waals surface area contributed by atoms with Crippen LogP contribution >= 0.6 is 0 Å². The average molecular weight is 800 g/mol. The van der Waals surface area contributed by atoms with E-state index in [1.54, 1.807) is 0 Å². The van der Waals surface area contributed by atoms with Crippen molar-refractivity contribution in [2.24, 2.45) is 0 Å². The van der Waals surface area contributed by atoms with Gasteiger partial charge in [0.05, 0.1) is 5.69 Å². The second-order valence-electron chi connectivity index (χ2n) is 16.4. The number of nitrogens with zero attached hydrogens (tertiary/aromatic N) is 1. The minimum Gasteiger partial charge on any atom is -0.310 e. The molecule has 12 rings (SSSR count). The molecule has 0 unspecified atom stereocenters. The molecule has 0 bridgehead atoms. The van der Waals surface area contributed by atoms with Crippen LogP contribution in [0.15, 0.2) is 249 Å². The molecule has 0 aliphatic rings. The van der Waals surface area contributed by atoms with Gasteiger partial charge < -0.3 is 4.90 Å². The number of benzene rings is 12. The molecule has 1 heteroatoms. The van der Waals surface area contributed by atoms with E-state index >= 15 is 0 Å². The summed E-state index contributed by atoms with van der Waals surface area (Å²) in [6, 6.07) is 91.0. The number of hydrogen-bond donors (Lipinski definition) is 0. The lowest BCUT2D eigenvalue weighted by Crippen LogP contribution is -2.10. The van der Waals surface area contributed by atoms with Crippen molar-refractivity contribution in [3.05, 3.63) is 249 Å². The number of anilines is 3. The highest BCUT2D eigenvalue weighted by atomic mass is 15.1. The molecule has 63 heavy (non-hydrogen) atoms. The van der Waals surface area contributed by atoms with Gasteiger partial charge in [-0.05, 0) is 129 Å². The number of rotatable bonds is 7. The van der Waals surface area contributed by atoms with Crippen LogP contribution in [0.1, 0.15) is 0 Å². The standard InChI is InChI=1S/C62H41N/c1-3-17-45(18-4-1)61-58-28-14-12-26-55(58)56-39-34-47(40-59(56)62(61)46-19-5-2-6-20-46)42-30-35-49(36-31-42)63(60-41-48-21-8-10-24-53(48)54-25-11-13-27-57(54)60)50-37-32-44(33-38-50)52-29-15-22-43-16-7-9-23-51(43)52/h1-41H. The van der Waals surface area contributed by atoms with Gasteiger partial charge >= 0.3 is 0 Å². The third kappa shape index (κ3) is 6.33. The van der Waals surface area contributed by atoms with Crippen molar-refractivity contribution >= 4 is 70.9 Å². The van der Waals surface area contributed by atoms with Crippen LogP contribution < -0.4 is 4.90 Å². The van der Waals surface area contributed by atoms with E-state index in [9.17, 15) is 0 Å². The van der Waals surface area contributed by atoms with Crippen LogP contribution in [0.2, 0.25) is 0 Å². The zero-order chi connectivity index (χ0) is 41.7. The molecular weight excluding hydrogens is 759 g/mol. The Morgan fingerprint density at radius 2 is 0.683 bits per heavy atom. The van der Waals surface area contributed by atoms with Gasteiger partial charge in [-0.3, -0.25) is 0 Å². The van der Waals surface area contributed by atoms with Crippen LogP contribution in [0.5, 0.6) is 0 Å². The maximum atomic E-state index is 2.43. The summed E-state index contributed by atoms with van der Waals surface area (Å²) in [6.07, 6.45) is 0. The van der Waals surface area contributed by atoms with Crippen LogP contribution in [-0.4, -0.2) is 0 Å². The van der Waals surface area contributed by atoms with Crippen molar-refractivity contribution in [1.29, 1.82) is 0 Å². The summed E-state index contributed by atoms with van der Waals surface area (Å²) in [6.45, 7) is 0. The fourth-order valence-electron chi connectivity index (χ4n) is 9.90. The topological polar surface area (TPSA) is 3.24 Å². The Balaban J connectivity index is 1.03. The fourth-order valence-corrected chi connectivity index (χ4v) is 9.90. The Kier molecular flexibility index (Phi) is 8.90.